The fraction of sp³-hybridized carbons (Fsp3) is 0.286. The first-order chi connectivity index (χ1) is 12.6. The maximum absolute atomic E-state index is 12.2. The molecule has 0 aliphatic carbocycles. The van der Waals surface area contributed by atoms with Crippen LogP contribution in [0.2, 0.25) is 0 Å². The van der Waals surface area contributed by atoms with E-state index in [2.05, 4.69) is 6.92 Å². The summed E-state index contributed by atoms with van der Waals surface area (Å²) < 4.78 is 10.5. The Bertz CT molecular complexity index is 749. The lowest BCUT2D eigenvalue weighted by atomic mass is 10.1. The van der Waals surface area contributed by atoms with E-state index < -0.39 is 11.9 Å². The van der Waals surface area contributed by atoms with Crippen molar-refractivity contribution >= 4 is 18.2 Å². The molecule has 0 fully saturated rings. The molecule has 26 heavy (non-hydrogen) atoms. The molecule has 2 aromatic carbocycles. The summed E-state index contributed by atoms with van der Waals surface area (Å²) in [6.07, 6.45) is 4.81. The summed E-state index contributed by atoms with van der Waals surface area (Å²) >= 11 is 0. The van der Waals surface area contributed by atoms with Crippen molar-refractivity contribution in [2.75, 3.05) is 6.61 Å². The molecule has 0 spiro atoms. The van der Waals surface area contributed by atoms with Crippen molar-refractivity contribution in [3.63, 3.8) is 0 Å². The highest BCUT2D eigenvalue weighted by Crippen LogP contribution is 2.15. The molecule has 5 heteroatoms. The Morgan fingerprint density at radius 1 is 0.923 bits per heavy atom. The molecule has 0 unspecified atom stereocenters. The first-order valence-corrected chi connectivity index (χ1v) is 8.68. The maximum atomic E-state index is 12.2. The zero-order valence-electron chi connectivity index (χ0n) is 14.8. The average molecular weight is 354 g/mol. The number of hydrogen-bond acceptors (Lipinski definition) is 5. The Hall–Kier alpha value is -2.95. The van der Waals surface area contributed by atoms with Crippen molar-refractivity contribution in [1.82, 2.24) is 0 Å². The number of carbonyl (C=O) groups excluding carboxylic acids is 3. The van der Waals surface area contributed by atoms with Crippen LogP contribution < -0.4 is 4.74 Å². The summed E-state index contributed by atoms with van der Waals surface area (Å²) in [5, 5.41) is 0. The van der Waals surface area contributed by atoms with E-state index in [-0.39, 0.29) is 5.56 Å². The van der Waals surface area contributed by atoms with Crippen LogP contribution in [-0.2, 0) is 4.74 Å². The van der Waals surface area contributed by atoms with Gasteiger partial charge in [-0.3, -0.25) is 4.79 Å². The summed E-state index contributed by atoms with van der Waals surface area (Å²) in [6, 6.07) is 12.4. The highest BCUT2D eigenvalue weighted by molar-refractivity contribution is 5.96. The van der Waals surface area contributed by atoms with Crippen LogP contribution in [0.15, 0.2) is 48.5 Å². The highest BCUT2D eigenvalue weighted by Gasteiger charge is 2.13. The molecule has 0 aromatic heterocycles. The third-order valence-electron chi connectivity index (χ3n) is 3.79. The molecular weight excluding hydrogens is 332 g/mol. The minimum Gasteiger partial charge on any atom is -0.462 e. The van der Waals surface area contributed by atoms with E-state index >= 15 is 0 Å². The Labute approximate surface area is 152 Å². The molecular formula is C21H22O5. The van der Waals surface area contributed by atoms with Gasteiger partial charge in [0.25, 0.3) is 0 Å². The molecule has 0 bridgehead atoms. The molecule has 0 saturated carbocycles. The molecule has 0 saturated heterocycles. The van der Waals surface area contributed by atoms with Crippen LogP contribution in [0.1, 0.15) is 63.7 Å². The van der Waals surface area contributed by atoms with Gasteiger partial charge in [-0.25, -0.2) is 9.59 Å². The highest BCUT2D eigenvalue weighted by atomic mass is 16.5. The minimum absolute atomic E-state index is 0.255. The molecule has 2 rings (SSSR count). The van der Waals surface area contributed by atoms with Crippen molar-refractivity contribution in [3.8, 4) is 5.75 Å². The van der Waals surface area contributed by atoms with E-state index in [0.717, 1.165) is 25.7 Å². The summed E-state index contributed by atoms with van der Waals surface area (Å²) in [7, 11) is 0. The monoisotopic (exact) mass is 354 g/mol. The average Bonchev–Trinajstić information content (AvgIpc) is 2.68. The van der Waals surface area contributed by atoms with E-state index in [1.165, 1.54) is 18.2 Å². The van der Waals surface area contributed by atoms with Gasteiger partial charge in [0, 0.05) is 5.56 Å². The lowest BCUT2D eigenvalue weighted by Crippen LogP contribution is -2.11. The third kappa shape index (κ3) is 5.84. The van der Waals surface area contributed by atoms with E-state index in [9.17, 15) is 14.4 Å². The molecule has 136 valence electrons. The summed E-state index contributed by atoms with van der Waals surface area (Å²) in [5.74, 6) is -0.711. The maximum Gasteiger partial charge on any atom is 0.343 e. The number of esters is 2. The Kier molecular flexibility index (Phi) is 7.55. The van der Waals surface area contributed by atoms with Gasteiger partial charge in [0.05, 0.1) is 17.7 Å². The number of unbranched alkanes of at least 4 members (excludes halogenated alkanes) is 3. The fourth-order valence-corrected chi connectivity index (χ4v) is 2.33. The Balaban J connectivity index is 1.95. The predicted molar refractivity (Wildman–Crippen MR) is 97.7 cm³/mol. The van der Waals surface area contributed by atoms with Crippen molar-refractivity contribution in [3.05, 3.63) is 65.2 Å². The van der Waals surface area contributed by atoms with E-state index in [1.54, 1.807) is 30.3 Å². The van der Waals surface area contributed by atoms with Crippen LogP contribution in [0.3, 0.4) is 0 Å². The van der Waals surface area contributed by atoms with Gasteiger partial charge in [0.1, 0.15) is 12.0 Å². The van der Waals surface area contributed by atoms with Crippen LogP contribution >= 0.6 is 0 Å². The zero-order valence-corrected chi connectivity index (χ0v) is 14.8. The van der Waals surface area contributed by atoms with Gasteiger partial charge < -0.3 is 9.47 Å². The van der Waals surface area contributed by atoms with Crippen molar-refractivity contribution in [2.24, 2.45) is 0 Å². The largest absolute Gasteiger partial charge is 0.462 e. The molecule has 0 atom stereocenters. The number of hydrogen-bond donors (Lipinski definition) is 0. The minimum atomic E-state index is -0.582. The second-order valence-corrected chi connectivity index (χ2v) is 5.85. The van der Waals surface area contributed by atoms with Crippen LogP contribution in [0.5, 0.6) is 5.75 Å². The van der Waals surface area contributed by atoms with Crippen molar-refractivity contribution < 1.29 is 23.9 Å². The van der Waals surface area contributed by atoms with Gasteiger partial charge in [-0.1, -0.05) is 32.3 Å². The number of ether oxygens (including phenoxy) is 2. The van der Waals surface area contributed by atoms with E-state index in [0.29, 0.717) is 29.8 Å². The number of carbonyl (C=O) groups is 3. The second kappa shape index (κ2) is 10.1. The third-order valence-corrected chi connectivity index (χ3v) is 3.79. The van der Waals surface area contributed by atoms with Gasteiger partial charge in [0.2, 0.25) is 0 Å². The van der Waals surface area contributed by atoms with E-state index in [4.69, 9.17) is 9.47 Å². The van der Waals surface area contributed by atoms with Crippen LogP contribution in [0.4, 0.5) is 0 Å². The zero-order chi connectivity index (χ0) is 18.8. The van der Waals surface area contributed by atoms with Crippen LogP contribution in [-0.4, -0.2) is 24.8 Å². The molecule has 0 amide bonds. The molecule has 2 aromatic rings. The molecule has 0 radical (unpaired) electrons. The number of benzene rings is 2. The predicted octanol–water partition coefficient (Wildman–Crippen LogP) is 4.46. The topological polar surface area (TPSA) is 69.7 Å². The lowest BCUT2D eigenvalue weighted by molar-refractivity contribution is 0.0497. The summed E-state index contributed by atoms with van der Waals surface area (Å²) in [4.78, 5) is 34.9. The quantitative estimate of drug-likeness (QED) is 0.288. The smallest absolute Gasteiger partial charge is 0.343 e. The Morgan fingerprint density at radius 3 is 2.27 bits per heavy atom. The molecule has 0 N–H and O–H groups in total. The van der Waals surface area contributed by atoms with Crippen molar-refractivity contribution in [2.45, 2.75) is 32.6 Å². The normalized spacial score (nSPS) is 10.2. The fourth-order valence-electron chi connectivity index (χ4n) is 2.33. The first-order valence-electron chi connectivity index (χ1n) is 8.68. The molecule has 5 nitrogen and oxygen atoms in total. The summed E-state index contributed by atoms with van der Waals surface area (Å²) in [5.41, 5.74) is 1.06. The molecule has 0 aliphatic rings. The standard InChI is InChI=1S/C21H22O5/c1-2-3-4-5-13-25-20(23)17-7-6-8-18(14-17)21(24)26-19-11-9-16(15-22)10-12-19/h6-12,14-15H,2-5,13H2,1H3. The van der Waals surface area contributed by atoms with Gasteiger partial charge in [-0.2, -0.15) is 0 Å². The van der Waals surface area contributed by atoms with E-state index in [1.807, 2.05) is 0 Å². The number of aldehydes is 1. The number of rotatable bonds is 9. The van der Waals surface area contributed by atoms with Gasteiger partial charge >= 0.3 is 11.9 Å². The van der Waals surface area contributed by atoms with Crippen molar-refractivity contribution in [1.29, 1.82) is 0 Å². The lowest BCUT2D eigenvalue weighted by Gasteiger charge is -2.07. The van der Waals surface area contributed by atoms with Crippen LogP contribution in [0, 0.1) is 0 Å². The molecule has 0 heterocycles. The second-order valence-electron chi connectivity index (χ2n) is 5.85. The van der Waals surface area contributed by atoms with Gasteiger partial charge in [-0.05, 0) is 48.9 Å². The van der Waals surface area contributed by atoms with Gasteiger partial charge in [-0.15, -0.1) is 0 Å². The van der Waals surface area contributed by atoms with Crippen LogP contribution in [0.25, 0.3) is 0 Å². The molecule has 0 aliphatic heterocycles. The SMILES string of the molecule is CCCCCCOC(=O)c1cccc(C(=O)Oc2ccc(C=O)cc2)c1. The Morgan fingerprint density at radius 2 is 1.62 bits per heavy atom. The van der Waals surface area contributed by atoms with Gasteiger partial charge in [0.15, 0.2) is 0 Å². The first kappa shape index (κ1) is 19.4. The summed E-state index contributed by atoms with van der Waals surface area (Å²) in [6.45, 7) is 2.49.